The number of hydrogen-bond donors (Lipinski definition) is 1. The van der Waals surface area contributed by atoms with Crippen molar-refractivity contribution in [3.05, 3.63) is 12.2 Å². The van der Waals surface area contributed by atoms with Crippen LogP contribution in [0.5, 0.6) is 0 Å². The minimum Gasteiger partial charge on any atom is -0.377 e. The molecule has 0 heterocycles. The van der Waals surface area contributed by atoms with E-state index in [1.807, 2.05) is 20.8 Å². The molecule has 0 amide bonds. The van der Waals surface area contributed by atoms with Gasteiger partial charge in [0.15, 0.2) is 0 Å². The van der Waals surface area contributed by atoms with Crippen LogP contribution in [0.3, 0.4) is 0 Å². The minimum absolute atomic E-state index is 0.316. The Morgan fingerprint density at radius 2 is 1.93 bits per heavy atom. The molecule has 1 N–H and O–H groups in total. The maximum Gasteiger partial charge on any atom is 0.0672 e. The van der Waals surface area contributed by atoms with Gasteiger partial charge in [-0.3, -0.25) is 0 Å². The van der Waals surface area contributed by atoms with Crippen LogP contribution in [0.1, 0.15) is 20.8 Å². The van der Waals surface area contributed by atoms with Gasteiger partial charge in [0.05, 0.1) is 25.9 Å². The molecule has 0 fully saturated rings. The first-order valence-corrected chi connectivity index (χ1v) is 5.17. The summed E-state index contributed by atoms with van der Waals surface area (Å²) >= 11 is 0. The fourth-order valence-electron chi connectivity index (χ4n) is 0.883. The van der Waals surface area contributed by atoms with E-state index in [4.69, 9.17) is 9.47 Å². The third kappa shape index (κ3) is 11.6. The Morgan fingerprint density at radius 3 is 2.50 bits per heavy atom. The molecule has 0 saturated carbocycles. The highest BCUT2D eigenvalue weighted by molar-refractivity contribution is 4.87. The van der Waals surface area contributed by atoms with E-state index in [9.17, 15) is 0 Å². The quantitative estimate of drug-likeness (QED) is 0.454. The van der Waals surface area contributed by atoms with Gasteiger partial charge in [0.1, 0.15) is 0 Å². The van der Waals surface area contributed by atoms with Crippen molar-refractivity contribution in [3.8, 4) is 0 Å². The molecule has 0 spiro atoms. The lowest BCUT2D eigenvalue weighted by atomic mass is 10.4. The molecule has 0 aromatic heterocycles. The predicted molar refractivity (Wildman–Crippen MR) is 59.6 cm³/mol. The predicted octanol–water partition coefficient (Wildman–Crippen LogP) is 1.59. The highest BCUT2D eigenvalue weighted by atomic mass is 16.5. The molecule has 0 aliphatic heterocycles. The van der Waals surface area contributed by atoms with Crippen molar-refractivity contribution in [1.29, 1.82) is 0 Å². The van der Waals surface area contributed by atoms with Crippen molar-refractivity contribution in [2.45, 2.75) is 26.9 Å². The van der Waals surface area contributed by atoms with Gasteiger partial charge in [0.25, 0.3) is 0 Å². The fourth-order valence-corrected chi connectivity index (χ4v) is 0.883. The maximum absolute atomic E-state index is 5.37. The SMILES string of the molecule is C=C(C)COCCNCCOC(C)C. The standard InChI is InChI=1S/C11H23NO2/c1-10(2)9-13-7-5-12-6-8-14-11(3)4/h11-12H,1,5-9H2,2-4H3. The monoisotopic (exact) mass is 201 g/mol. The van der Waals surface area contributed by atoms with Gasteiger partial charge in [-0.1, -0.05) is 12.2 Å². The van der Waals surface area contributed by atoms with Crippen molar-refractivity contribution >= 4 is 0 Å². The Bertz CT molecular complexity index is 146. The van der Waals surface area contributed by atoms with E-state index >= 15 is 0 Å². The summed E-state index contributed by atoms with van der Waals surface area (Å²) in [7, 11) is 0. The Kier molecular flexibility index (Phi) is 8.94. The molecular weight excluding hydrogens is 178 g/mol. The lowest BCUT2D eigenvalue weighted by Gasteiger charge is -2.08. The summed E-state index contributed by atoms with van der Waals surface area (Å²) in [5.74, 6) is 0. The number of nitrogens with one attached hydrogen (secondary N) is 1. The van der Waals surface area contributed by atoms with Crippen LogP contribution in [0.4, 0.5) is 0 Å². The largest absolute Gasteiger partial charge is 0.377 e. The minimum atomic E-state index is 0.316. The molecule has 0 aromatic rings. The maximum atomic E-state index is 5.37. The Balaban J connectivity index is 2.96. The third-order valence-electron chi connectivity index (χ3n) is 1.50. The van der Waals surface area contributed by atoms with Gasteiger partial charge in [-0.15, -0.1) is 0 Å². The van der Waals surface area contributed by atoms with E-state index in [2.05, 4.69) is 11.9 Å². The molecule has 14 heavy (non-hydrogen) atoms. The van der Waals surface area contributed by atoms with Crippen molar-refractivity contribution in [2.75, 3.05) is 32.9 Å². The van der Waals surface area contributed by atoms with Gasteiger partial charge in [0, 0.05) is 13.1 Å². The number of rotatable bonds is 9. The normalized spacial score (nSPS) is 10.9. The highest BCUT2D eigenvalue weighted by Crippen LogP contribution is 1.87. The molecule has 0 aliphatic carbocycles. The zero-order valence-electron chi connectivity index (χ0n) is 9.64. The van der Waals surface area contributed by atoms with E-state index in [0.29, 0.717) is 12.7 Å². The first-order chi connectivity index (χ1) is 6.63. The van der Waals surface area contributed by atoms with Crippen LogP contribution in [0, 0.1) is 0 Å². The molecule has 0 aliphatic rings. The molecule has 0 rings (SSSR count). The topological polar surface area (TPSA) is 30.5 Å². The Hall–Kier alpha value is -0.380. The summed E-state index contributed by atoms with van der Waals surface area (Å²) in [4.78, 5) is 0. The van der Waals surface area contributed by atoms with Crippen LogP contribution in [0.15, 0.2) is 12.2 Å². The van der Waals surface area contributed by atoms with Crippen LogP contribution < -0.4 is 5.32 Å². The first kappa shape index (κ1) is 13.6. The lowest BCUT2D eigenvalue weighted by Crippen LogP contribution is -2.25. The second-order valence-corrected chi connectivity index (χ2v) is 3.68. The molecule has 0 saturated heterocycles. The van der Waals surface area contributed by atoms with E-state index < -0.39 is 0 Å². The van der Waals surface area contributed by atoms with Gasteiger partial charge in [-0.25, -0.2) is 0 Å². The summed E-state index contributed by atoms with van der Waals surface area (Å²) in [6.07, 6.45) is 0.316. The zero-order chi connectivity index (χ0) is 10.8. The van der Waals surface area contributed by atoms with Crippen LogP contribution in [0.2, 0.25) is 0 Å². The van der Waals surface area contributed by atoms with Crippen LogP contribution >= 0.6 is 0 Å². The molecular formula is C11H23NO2. The van der Waals surface area contributed by atoms with Crippen molar-refractivity contribution < 1.29 is 9.47 Å². The molecule has 0 atom stereocenters. The molecule has 3 nitrogen and oxygen atoms in total. The third-order valence-corrected chi connectivity index (χ3v) is 1.50. The van der Waals surface area contributed by atoms with Crippen LogP contribution in [0.25, 0.3) is 0 Å². The van der Waals surface area contributed by atoms with Gasteiger partial charge < -0.3 is 14.8 Å². The van der Waals surface area contributed by atoms with Gasteiger partial charge >= 0.3 is 0 Å². The molecule has 3 heteroatoms. The first-order valence-electron chi connectivity index (χ1n) is 5.17. The molecule has 0 radical (unpaired) electrons. The summed E-state index contributed by atoms with van der Waals surface area (Å²) in [5, 5.41) is 3.23. The summed E-state index contributed by atoms with van der Waals surface area (Å²) in [6, 6.07) is 0. The average Bonchev–Trinajstić information content (AvgIpc) is 2.08. The molecule has 0 aromatic carbocycles. The number of hydrogen-bond acceptors (Lipinski definition) is 3. The smallest absolute Gasteiger partial charge is 0.0672 e. The fraction of sp³-hybridized carbons (Fsp3) is 0.818. The average molecular weight is 201 g/mol. The van der Waals surface area contributed by atoms with Crippen molar-refractivity contribution in [3.63, 3.8) is 0 Å². The summed E-state index contributed by atoms with van der Waals surface area (Å²) in [6.45, 7) is 13.7. The number of ether oxygens (including phenoxy) is 2. The summed E-state index contributed by atoms with van der Waals surface area (Å²) in [5.41, 5.74) is 1.06. The van der Waals surface area contributed by atoms with Gasteiger partial charge in [-0.05, 0) is 20.8 Å². The molecule has 84 valence electrons. The van der Waals surface area contributed by atoms with E-state index in [1.54, 1.807) is 0 Å². The second-order valence-electron chi connectivity index (χ2n) is 3.68. The second kappa shape index (κ2) is 9.19. The molecule has 0 unspecified atom stereocenters. The lowest BCUT2D eigenvalue weighted by molar-refractivity contribution is 0.0790. The molecule has 0 bridgehead atoms. The van der Waals surface area contributed by atoms with E-state index in [1.165, 1.54) is 0 Å². The van der Waals surface area contributed by atoms with E-state index in [-0.39, 0.29) is 0 Å². The van der Waals surface area contributed by atoms with Gasteiger partial charge in [0.2, 0.25) is 0 Å². The van der Waals surface area contributed by atoms with Crippen molar-refractivity contribution in [2.24, 2.45) is 0 Å². The summed E-state index contributed by atoms with van der Waals surface area (Å²) < 4.78 is 10.7. The highest BCUT2D eigenvalue weighted by Gasteiger charge is 1.92. The van der Waals surface area contributed by atoms with Gasteiger partial charge in [-0.2, -0.15) is 0 Å². The Morgan fingerprint density at radius 1 is 1.29 bits per heavy atom. The Labute approximate surface area is 87.5 Å². The van der Waals surface area contributed by atoms with E-state index in [0.717, 1.165) is 31.9 Å². The zero-order valence-corrected chi connectivity index (χ0v) is 9.64. The van der Waals surface area contributed by atoms with Crippen molar-refractivity contribution in [1.82, 2.24) is 5.32 Å². The van der Waals surface area contributed by atoms with Crippen LogP contribution in [-0.2, 0) is 9.47 Å². The van der Waals surface area contributed by atoms with Crippen LogP contribution in [-0.4, -0.2) is 39.0 Å².